The number of hydrogen-bond acceptors (Lipinski definition) is 4. The van der Waals surface area contributed by atoms with Gasteiger partial charge in [-0.25, -0.2) is 4.68 Å². The molecule has 0 aliphatic carbocycles. The van der Waals surface area contributed by atoms with E-state index in [-0.39, 0.29) is 5.69 Å². The van der Waals surface area contributed by atoms with Crippen molar-refractivity contribution in [3.05, 3.63) is 82.7 Å². The lowest BCUT2D eigenvalue weighted by Crippen LogP contribution is -2.27. The summed E-state index contributed by atoms with van der Waals surface area (Å²) in [6, 6.07) is 16.0. The number of non-ortho nitro benzene ring substituents is 1. The first-order valence-electron chi connectivity index (χ1n) is 7.50. The van der Waals surface area contributed by atoms with Gasteiger partial charge in [0.25, 0.3) is 5.69 Å². The molecule has 3 aromatic rings. The highest BCUT2D eigenvalue weighted by Gasteiger charge is 2.06. The minimum Gasteiger partial charge on any atom is -0.358 e. The van der Waals surface area contributed by atoms with Crippen LogP contribution in [0.15, 0.2) is 67.0 Å². The molecule has 3 rings (SSSR count). The van der Waals surface area contributed by atoms with Crippen LogP contribution in [0.2, 0.25) is 0 Å². The predicted molar refractivity (Wildman–Crippen MR) is 99.7 cm³/mol. The monoisotopic (exact) mass is 353 g/mol. The molecular weight excluding hydrogens is 338 g/mol. The molecule has 2 N–H and O–H groups in total. The molecule has 0 saturated carbocycles. The second kappa shape index (κ2) is 7.54. The average Bonchev–Trinajstić information content (AvgIpc) is 3.15. The van der Waals surface area contributed by atoms with Gasteiger partial charge in [-0.05, 0) is 42.0 Å². The van der Waals surface area contributed by atoms with Crippen LogP contribution in [-0.4, -0.2) is 19.8 Å². The number of nitrogens with one attached hydrogen (secondary N) is 2. The van der Waals surface area contributed by atoms with Crippen LogP contribution in [0.4, 0.5) is 11.4 Å². The number of nitro groups is 1. The first-order valence-corrected chi connectivity index (χ1v) is 7.91. The molecule has 8 heteroatoms. The zero-order valence-electron chi connectivity index (χ0n) is 13.1. The van der Waals surface area contributed by atoms with Gasteiger partial charge in [0.2, 0.25) is 0 Å². The van der Waals surface area contributed by atoms with Gasteiger partial charge in [0.15, 0.2) is 5.11 Å². The Morgan fingerprint density at radius 1 is 1.20 bits per heavy atom. The molecule has 0 unspecified atom stereocenters. The lowest BCUT2D eigenvalue weighted by Gasteiger charge is -2.11. The van der Waals surface area contributed by atoms with E-state index in [1.54, 1.807) is 23.0 Å². The summed E-state index contributed by atoms with van der Waals surface area (Å²) in [4.78, 5) is 10.3. The Balaban J connectivity index is 1.55. The molecule has 2 aromatic carbocycles. The number of aromatic nitrogens is 2. The van der Waals surface area contributed by atoms with Crippen molar-refractivity contribution in [2.24, 2.45) is 0 Å². The van der Waals surface area contributed by atoms with Gasteiger partial charge < -0.3 is 10.6 Å². The summed E-state index contributed by atoms with van der Waals surface area (Å²) in [7, 11) is 0. The van der Waals surface area contributed by atoms with E-state index in [1.165, 1.54) is 12.1 Å². The fourth-order valence-corrected chi connectivity index (χ4v) is 2.43. The van der Waals surface area contributed by atoms with E-state index < -0.39 is 4.92 Å². The van der Waals surface area contributed by atoms with E-state index in [4.69, 9.17) is 12.2 Å². The molecule has 0 amide bonds. The number of thiocarbonyl (C=S) groups is 1. The summed E-state index contributed by atoms with van der Waals surface area (Å²) in [5, 5.41) is 21.4. The van der Waals surface area contributed by atoms with Crippen LogP contribution >= 0.6 is 12.2 Å². The van der Waals surface area contributed by atoms with Gasteiger partial charge in [-0.15, -0.1) is 0 Å². The van der Waals surface area contributed by atoms with Crippen LogP contribution in [0.25, 0.3) is 5.69 Å². The molecule has 126 valence electrons. The minimum absolute atomic E-state index is 0.0158. The Hall–Kier alpha value is -3.26. The Bertz CT molecular complexity index is 878. The summed E-state index contributed by atoms with van der Waals surface area (Å²) >= 11 is 5.23. The third kappa shape index (κ3) is 4.39. The second-order valence-electron chi connectivity index (χ2n) is 5.23. The molecule has 0 aliphatic rings. The van der Waals surface area contributed by atoms with Crippen LogP contribution < -0.4 is 10.6 Å². The number of hydrogen-bond donors (Lipinski definition) is 2. The normalized spacial score (nSPS) is 10.2. The Morgan fingerprint density at radius 3 is 2.68 bits per heavy atom. The first kappa shape index (κ1) is 16.6. The molecule has 1 aromatic heterocycles. The van der Waals surface area contributed by atoms with Crippen molar-refractivity contribution in [2.75, 3.05) is 5.32 Å². The molecule has 0 saturated heterocycles. The fraction of sp³-hybridized carbons (Fsp3) is 0.0588. The minimum atomic E-state index is -0.442. The zero-order chi connectivity index (χ0) is 17.6. The van der Waals surface area contributed by atoms with Crippen molar-refractivity contribution in [3.63, 3.8) is 0 Å². The van der Waals surface area contributed by atoms with E-state index in [2.05, 4.69) is 15.7 Å². The van der Waals surface area contributed by atoms with E-state index >= 15 is 0 Å². The van der Waals surface area contributed by atoms with E-state index in [0.29, 0.717) is 17.3 Å². The number of anilines is 1. The number of rotatable bonds is 5. The SMILES string of the molecule is O=[N+]([O-])c1cccc(NC(=S)NCc2ccc(-n3cccn3)cc2)c1. The third-order valence-electron chi connectivity index (χ3n) is 3.47. The molecular formula is C17H15N5O2S. The lowest BCUT2D eigenvalue weighted by molar-refractivity contribution is -0.384. The van der Waals surface area contributed by atoms with Gasteiger partial charge >= 0.3 is 0 Å². The lowest BCUT2D eigenvalue weighted by atomic mass is 10.2. The van der Waals surface area contributed by atoms with Gasteiger partial charge in [-0.2, -0.15) is 5.10 Å². The summed E-state index contributed by atoms with van der Waals surface area (Å²) < 4.78 is 1.78. The molecule has 7 nitrogen and oxygen atoms in total. The smallest absolute Gasteiger partial charge is 0.271 e. The van der Waals surface area contributed by atoms with Crippen molar-refractivity contribution in [2.45, 2.75) is 6.54 Å². The maximum Gasteiger partial charge on any atom is 0.271 e. The maximum absolute atomic E-state index is 10.8. The van der Waals surface area contributed by atoms with Gasteiger partial charge in [-0.1, -0.05) is 18.2 Å². The van der Waals surface area contributed by atoms with Crippen LogP contribution in [-0.2, 0) is 6.54 Å². The molecule has 0 fully saturated rings. The molecule has 0 atom stereocenters. The van der Waals surface area contributed by atoms with Crippen molar-refractivity contribution < 1.29 is 4.92 Å². The zero-order valence-corrected chi connectivity index (χ0v) is 13.9. The van der Waals surface area contributed by atoms with E-state index in [0.717, 1.165) is 11.3 Å². The van der Waals surface area contributed by atoms with Crippen molar-refractivity contribution in [1.82, 2.24) is 15.1 Å². The standard InChI is InChI=1S/C17H15N5O2S/c23-22(24)16-4-1-3-14(11-16)20-17(25)18-12-13-5-7-15(8-6-13)21-10-2-9-19-21/h1-11H,12H2,(H2,18,20,25). The van der Waals surface area contributed by atoms with Gasteiger partial charge in [0, 0.05) is 36.8 Å². The predicted octanol–water partition coefficient (Wildman–Crippen LogP) is 3.27. The van der Waals surface area contributed by atoms with Crippen LogP contribution in [0.1, 0.15) is 5.56 Å². The number of benzene rings is 2. The average molecular weight is 353 g/mol. The maximum atomic E-state index is 10.8. The Labute approximate surface area is 149 Å². The molecule has 0 aliphatic heterocycles. The number of nitro benzene ring substituents is 1. The summed E-state index contributed by atoms with van der Waals surface area (Å²) in [5.41, 5.74) is 2.62. The highest BCUT2D eigenvalue weighted by Crippen LogP contribution is 2.17. The molecule has 0 spiro atoms. The van der Waals surface area contributed by atoms with Crippen molar-refractivity contribution in [3.8, 4) is 5.69 Å². The summed E-state index contributed by atoms with van der Waals surface area (Å²) in [6.07, 6.45) is 3.61. The second-order valence-corrected chi connectivity index (χ2v) is 5.64. The Morgan fingerprint density at radius 2 is 2.00 bits per heavy atom. The highest BCUT2D eigenvalue weighted by atomic mass is 32.1. The summed E-state index contributed by atoms with van der Waals surface area (Å²) in [6.45, 7) is 0.542. The van der Waals surface area contributed by atoms with Gasteiger partial charge in [0.05, 0.1) is 10.6 Å². The molecule has 1 heterocycles. The molecule has 0 radical (unpaired) electrons. The van der Waals surface area contributed by atoms with Gasteiger partial charge in [0.1, 0.15) is 0 Å². The molecule has 25 heavy (non-hydrogen) atoms. The molecule has 0 bridgehead atoms. The highest BCUT2D eigenvalue weighted by molar-refractivity contribution is 7.80. The number of nitrogens with zero attached hydrogens (tertiary/aromatic N) is 3. The van der Waals surface area contributed by atoms with Crippen LogP contribution in [0.3, 0.4) is 0 Å². The van der Waals surface area contributed by atoms with Gasteiger partial charge in [-0.3, -0.25) is 10.1 Å². The van der Waals surface area contributed by atoms with Crippen molar-refractivity contribution in [1.29, 1.82) is 0 Å². The van der Waals surface area contributed by atoms with Crippen LogP contribution in [0.5, 0.6) is 0 Å². The topological polar surface area (TPSA) is 85.0 Å². The summed E-state index contributed by atoms with van der Waals surface area (Å²) in [5.74, 6) is 0. The van der Waals surface area contributed by atoms with E-state index in [9.17, 15) is 10.1 Å². The quantitative estimate of drug-likeness (QED) is 0.416. The Kier molecular flexibility index (Phi) is 5.00. The van der Waals surface area contributed by atoms with Crippen molar-refractivity contribution >= 4 is 28.7 Å². The largest absolute Gasteiger partial charge is 0.358 e. The fourth-order valence-electron chi connectivity index (χ4n) is 2.24. The first-order chi connectivity index (χ1) is 12.1. The van der Waals surface area contributed by atoms with E-state index in [1.807, 2.05) is 36.5 Å². The third-order valence-corrected chi connectivity index (χ3v) is 3.72. The van der Waals surface area contributed by atoms with Crippen LogP contribution in [0, 0.1) is 10.1 Å².